The Morgan fingerprint density at radius 2 is 0.947 bits per heavy atom. The summed E-state index contributed by atoms with van der Waals surface area (Å²) in [5.74, 6) is -3.15. The molecule has 17 rings (SSSR count). The fourth-order valence-corrected chi connectivity index (χ4v) is 17.8. The number of thiocarbonyl (C=S) groups is 2. The van der Waals surface area contributed by atoms with E-state index in [-0.39, 0.29) is 89.3 Å². The van der Waals surface area contributed by atoms with Crippen LogP contribution in [0.25, 0.3) is 51.1 Å². The lowest BCUT2D eigenvalue weighted by Gasteiger charge is -2.11. The minimum Gasteiger partial charge on any atom is -1.00 e. The number of aromatic hydroxyl groups is 1. The molecule has 27 nitrogen and oxygen atoms in total. The van der Waals surface area contributed by atoms with Crippen LogP contribution in [0.1, 0.15) is 31.4 Å². The molecule has 0 spiro atoms. The van der Waals surface area contributed by atoms with E-state index in [1.165, 1.54) is 119 Å². The first-order valence-electron chi connectivity index (χ1n) is 36.7. The van der Waals surface area contributed by atoms with E-state index in [9.17, 15) is 47.4 Å². The highest BCUT2D eigenvalue weighted by molar-refractivity contribution is 8.73. The number of anilines is 2. The summed E-state index contributed by atoms with van der Waals surface area (Å²) in [7, 11) is 2.50. The number of amides is 2. The van der Waals surface area contributed by atoms with Gasteiger partial charge in [-0.25, -0.2) is 67.4 Å². The number of ether oxygens (including phenoxy) is 4. The summed E-state index contributed by atoms with van der Waals surface area (Å²) in [6.07, 6.45) is 24.6. The highest BCUT2D eigenvalue weighted by Crippen LogP contribution is 2.42. The number of nitrogens with two attached hydrogens (primary N) is 1. The molecule has 0 saturated carbocycles. The van der Waals surface area contributed by atoms with Gasteiger partial charge in [0, 0.05) is 55.1 Å². The molecule has 5 N–H and O–H groups in total. The maximum absolute atomic E-state index is 14.7. The Morgan fingerprint density at radius 3 is 1.34 bits per heavy atom. The minimum atomic E-state index is -0.987. The predicted octanol–water partition coefficient (Wildman–Crippen LogP) is 21.9. The summed E-state index contributed by atoms with van der Waals surface area (Å²) in [4.78, 5) is 86.3. The molecule has 47 heteroatoms. The second-order valence-corrected chi connectivity index (χ2v) is 40.7. The fraction of sp³-hybridized carbons (Fsp3) is 0.167. The van der Waals surface area contributed by atoms with Crippen LogP contribution in [0.15, 0.2) is 223 Å². The molecular weight excluding hydrogens is 2100 g/mol. The first-order valence-corrected chi connectivity index (χ1v) is 51.1. The number of phenolic OH excluding ortho intramolecular Hbond substituents is 1. The van der Waals surface area contributed by atoms with Gasteiger partial charge < -0.3 is 64.4 Å². The maximum atomic E-state index is 14.7. The number of carbonyl (C=O) groups excluding carboxylic acids is 2. The number of fused-ring (bicyclic) bond motifs is 5. The van der Waals surface area contributed by atoms with Crippen molar-refractivity contribution >= 4 is 268 Å². The van der Waals surface area contributed by atoms with Gasteiger partial charge in [-0.05, 0) is 146 Å². The summed E-state index contributed by atoms with van der Waals surface area (Å²) >= 11 is 35.2. The van der Waals surface area contributed by atoms with Gasteiger partial charge in [0.2, 0.25) is 23.5 Å². The molecule has 10 aromatic heterocycles. The lowest BCUT2D eigenvalue weighted by molar-refractivity contribution is -0.385. The van der Waals surface area contributed by atoms with Crippen molar-refractivity contribution < 1.29 is 85.0 Å². The van der Waals surface area contributed by atoms with Gasteiger partial charge in [-0.2, -0.15) is 4.99 Å². The number of nitro groups is 2. The number of thioether (sulfide) groups is 4. The van der Waals surface area contributed by atoms with E-state index in [1.54, 1.807) is 81.9 Å². The summed E-state index contributed by atoms with van der Waals surface area (Å²) in [5.41, 5.74) is 11.5. The zero-order valence-corrected chi connectivity index (χ0v) is 83.0. The summed E-state index contributed by atoms with van der Waals surface area (Å²) in [5, 5.41) is 39.8. The number of halogens is 7. The second-order valence-electron chi connectivity index (χ2n) is 25.0. The third-order valence-corrected chi connectivity index (χ3v) is 29.4. The molecule has 0 bridgehead atoms. The number of hydrogen-bond donors (Lipinski definition) is 4. The summed E-state index contributed by atoms with van der Waals surface area (Å²) < 4.78 is 85.0. The van der Waals surface area contributed by atoms with Crippen LogP contribution in [-0.2, 0) is 37.1 Å². The lowest BCUT2D eigenvalue weighted by atomic mass is 10.1. The van der Waals surface area contributed by atoms with Gasteiger partial charge in [0.05, 0.1) is 115 Å². The van der Waals surface area contributed by atoms with E-state index >= 15 is 0 Å². The number of nitrogens with one attached hydrogen (secondary N) is 2. The number of carbonyl (C=O) groups is 2. The molecule has 1 saturated heterocycles. The van der Waals surface area contributed by atoms with Crippen molar-refractivity contribution in [1.82, 2.24) is 55.2 Å². The Morgan fingerprint density at radius 1 is 0.550 bits per heavy atom. The number of thiophene rings is 5. The zero-order chi connectivity index (χ0) is 92.9. The molecule has 1 aliphatic rings. The summed E-state index contributed by atoms with van der Waals surface area (Å²) in [6.45, 7) is 2.00. The normalized spacial score (nSPS) is 10.8. The highest BCUT2D eigenvalue weighted by atomic mass is 127. The van der Waals surface area contributed by atoms with Crippen LogP contribution in [0.5, 0.6) is 40.6 Å². The van der Waals surface area contributed by atoms with Crippen molar-refractivity contribution in [2.75, 3.05) is 68.1 Å². The largest absolute Gasteiger partial charge is 1.00 e. The van der Waals surface area contributed by atoms with Crippen molar-refractivity contribution in [3.63, 3.8) is 0 Å². The van der Waals surface area contributed by atoms with E-state index in [0.717, 1.165) is 96.0 Å². The number of aliphatic imine (C=N–C) groups is 1. The summed E-state index contributed by atoms with van der Waals surface area (Å²) in [6, 6.07) is 42.9. The molecule has 0 atom stereocenters. The molecule has 0 radical (unpaired) electrons. The van der Waals surface area contributed by atoms with Crippen molar-refractivity contribution in [3.8, 4) is 40.6 Å². The van der Waals surface area contributed by atoms with Crippen molar-refractivity contribution in [3.05, 3.63) is 266 Å². The molecule has 6 aromatic carbocycles. The third kappa shape index (κ3) is 34.7. The molecule has 0 unspecified atom stereocenters. The van der Waals surface area contributed by atoms with Crippen LogP contribution in [0.4, 0.5) is 40.3 Å². The number of hydrogen-bond acceptors (Lipinski definition) is 34. The molecule has 2 amide bonds. The Bertz CT molecular complexity index is 6530. The number of non-ortho nitro benzene ring substituents is 2. The molecular formula is C84H75Cl2F4IN16O11S13. The smallest absolute Gasteiger partial charge is 0.272 e. The number of nitrogen functional groups attached to an aromatic ring is 1. The molecule has 684 valence electrons. The SMILES string of the molecule is C.C1CCOC1.CS[S+](C)C.CSc1cc2ncnc(Cl)c2s1.CSc1cc2ncnc(Oc3ccc(N)cc3F)c2s1.CSc1cc2ncnc(Oc3ccc(NC(=S)NC(=O)Cc4ccccc4)cc3F)c2s1.CSc1cc2ncnc(Oc3ccc([N+](=O)[O-])cc3F)c2s1.Clc1ncnc2ccsc12.O=C(Cc1ccccc1)N=C=S.O=[N+]([O-])c1ccc(O)c(F)c1.[I-]. The van der Waals surface area contributed by atoms with Crippen LogP contribution in [0.3, 0.4) is 0 Å². The van der Waals surface area contributed by atoms with Crippen molar-refractivity contribution in [2.24, 2.45) is 4.99 Å². The van der Waals surface area contributed by atoms with Crippen LogP contribution in [0.2, 0.25) is 10.3 Å². The molecule has 16 aromatic rings. The van der Waals surface area contributed by atoms with Crippen LogP contribution < -0.4 is 54.6 Å². The lowest BCUT2D eigenvalue weighted by Crippen LogP contribution is -3.00. The van der Waals surface area contributed by atoms with E-state index in [4.69, 9.17) is 65.2 Å². The van der Waals surface area contributed by atoms with Crippen molar-refractivity contribution in [1.29, 1.82) is 0 Å². The number of aromatic nitrogens is 10. The van der Waals surface area contributed by atoms with Crippen LogP contribution in [-0.4, -0.2) is 144 Å². The van der Waals surface area contributed by atoms with Gasteiger partial charge in [-0.3, -0.25) is 29.8 Å². The molecule has 0 aliphatic carbocycles. The fourth-order valence-electron chi connectivity index (χ4n) is 9.97. The molecule has 1 fully saturated rings. The van der Waals surface area contributed by atoms with Gasteiger partial charge in [0.1, 0.15) is 68.6 Å². The van der Waals surface area contributed by atoms with Gasteiger partial charge in [0.25, 0.3) is 17.3 Å². The third-order valence-electron chi connectivity index (χ3n) is 16.0. The van der Waals surface area contributed by atoms with Gasteiger partial charge in [-0.15, -0.1) is 104 Å². The average Bonchev–Trinajstić information content (AvgIpc) is 1.68. The number of rotatable bonds is 18. The topological polar surface area (TPSA) is 369 Å². The number of nitro benzene ring substituents is 2. The van der Waals surface area contributed by atoms with Crippen molar-refractivity contribution in [2.45, 2.75) is 49.9 Å². The predicted molar refractivity (Wildman–Crippen MR) is 534 cm³/mol. The number of isothiocyanates is 1. The maximum Gasteiger partial charge on any atom is 0.272 e. The molecule has 11 heterocycles. The Labute approximate surface area is 829 Å². The standard InChI is InChI=1S/C22H17FN4O2S3.C13H8FN3O3S2.C13H10FN3OS2.C9H7NOS.C7H5ClN2S2.C6H3ClN2S.C6H4FNO3.C4H8O.C3H9S2.CH4.HI/c1-31-19-11-16-20(32-19)21(25-12-24-16)29-17-8-7-14(10-15(17)23)26-22(30)27-18(28)9-13-5-3-2-4-6-13;1-21-11-5-9-12(22-11)13(16-6-15-9)20-10-3-2-7(17(18)19)4-8(10)14;1-19-11-5-9-12(20-11)13(17-6-16-9)18-10-3-2-7(15)4-8(10)14;11-9(10-7-12)6-8-4-2-1-3-5-8;1-11-5-2-4-6(12-5)7(8)10-3-9-4;7-6-5-4(1-2-10-5)8-3-9-6;7-5-3-4(8(10)11)1-2-6(5)9;1-2-4-5-3-1;1-4-5(2)3;;/h2-8,10-12H,9H2,1H3,(H2,26,27,28,30);2-6H,1H3;2-6H,15H2,1H3;1-5H,6H2;2-3H,1H3;1-3H;1-3,9H;1-4H2;1-3H3;1H4;1H/q;;;;;;;;+1;;/p-1. The quantitative estimate of drug-likeness (QED) is 0.00530. The number of nitrogens with zero attached hydrogens (tertiary/aromatic N) is 13. The van der Waals surface area contributed by atoms with E-state index in [0.29, 0.717) is 66.1 Å². The first-order chi connectivity index (χ1) is 62.2. The molecule has 1 aliphatic heterocycles. The zero-order valence-electron chi connectivity index (χ0n) is 68.7. The Hall–Kier alpha value is -9.76. The molecule has 131 heavy (non-hydrogen) atoms. The van der Waals surface area contributed by atoms with Gasteiger partial charge in [0.15, 0.2) is 51.4 Å². The van der Waals surface area contributed by atoms with E-state index in [2.05, 4.69) is 96.5 Å². The second kappa shape index (κ2) is 56.3. The Balaban J connectivity index is 0.000000212. The van der Waals surface area contributed by atoms with E-state index < -0.39 is 38.9 Å². The Kier molecular flexibility index (Phi) is 46.5. The highest BCUT2D eigenvalue weighted by Gasteiger charge is 2.20. The number of benzene rings is 6. The van der Waals surface area contributed by atoms with Crippen LogP contribution >= 0.6 is 162 Å². The monoisotopic (exact) mass is 2170 g/mol. The van der Waals surface area contributed by atoms with Gasteiger partial charge >= 0.3 is 0 Å². The van der Waals surface area contributed by atoms with E-state index in [1.807, 2.05) is 137 Å². The van der Waals surface area contributed by atoms with Crippen LogP contribution in [0, 0.1) is 43.5 Å². The average molecular weight is 2180 g/mol. The number of phenols is 1. The van der Waals surface area contributed by atoms with Gasteiger partial charge in [-0.1, -0.05) is 91.3 Å². The minimum absolute atomic E-state index is 0. The first kappa shape index (κ1) is 108.